The van der Waals surface area contributed by atoms with E-state index in [-0.39, 0.29) is 0 Å². The molecule has 2 aromatic heterocycles. The molecule has 3 aromatic rings. The van der Waals surface area contributed by atoms with E-state index in [0.29, 0.717) is 6.04 Å². The average Bonchev–Trinajstić information content (AvgIpc) is 3.18. The third kappa shape index (κ3) is 3.03. The number of aryl methyl sites for hydroxylation is 1. The normalized spacial score (nSPS) is 19.2. The van der Waals surface area contributed by atoms with Gasteiger partial charge in [0.2, 0.25) is 0 Å². The van der Waals surface area contributed by atoms with Crippen molar-refractivity contribution in [2.75, 3.05) is 6.54 Å². The predicted molar refractivity (Wildman–Crippen MR) is 93.8 cm³/mol. The minimum atomic E-state index is 0.476. The van der Waals surface area contributed by atoms with E-state index in [2.05, 4.69) is 26.6 Å². The highest BCUT2D eigenvalue weighted by atomic mass is 35.5. The van der Waals surface area contributed by atoms with Crippen molar-refractivity contribution in [1.82, 2.24) is 29.2 Å². The first-order valence-corrected chi connectivity index (χ1v) is 8.76. The number of imidazole rings is 1. The van der Waals surface area contributed by atoms with Crippen LogP contribution in [0.15, 0.2) is 30.9 Å². The summed E-state index contributed by atoms with van der Waals surface area (Å²) in [6, 6.07) is 6.37. The van der Waals surface area contributed by atoms with Gasteiger partial charge in [0.25, 0.3) is 0 Å². The molecule has 0 N–H and O–H groups in total. The van der Waals surface area contributed by atoms with Gasteiger partial charge in [-0.3, -0.25) is 9.58 Å². The molecule has 0 bridgehead atoms. The number of piperidine rings is 1. The number of nitrogens with zero attached hydrogens (tertiary/aromatic N) is 6. The van der Waals surface area contributed by atoms with Crippen LogP contribution in [0.2, 0.25) is 5.02 Å². The maximum Gasteiger partial charge on any atom is 0.137 e. The van der Waals surface area contributed by atoms with Crippen LogP contribution in [0.1, 0.15) is 25.1 Å². The Morgan fingerprint density at radius 2 is 2.21 bits per heavy atom. The van der Waals surface area contributed by atoms with E-state index in [1.54, 1.807) is 12.7 Å². The molecule has 1 atom stereocenters. The SMILES string of the molecule is Cn1c(CN2CCCCC2Cn2cncn2)nc2cc(Cl)ccc21. The lowest BCUT2D eigenvalue weighted by molar-refractivity contribution is 0.118. The van der Waals surface area contributed by atoms with E-state index in [1.807, 2.05) is 22.9 Å². The van der Waals surface area contributed by atoms with Gasteiger partial charge in [0, 0.05) is 18.1 Å². The van der Waals surface area contributed by atoms with Crippen molar-refractivity contribution in [1.29, 1.82) is 0 Å². The number of halogens is 1. The summed E-state index contributed by atoms with van der Waals surface area (Å²) in [4.78, 5) is 11.4. The molecule has 7 heteroatoms. The molecule has 0 spiro atoms. The fourth-order valence-corrected chi connectivity index (χ4v) is 3.73. The summed E-state index contributed by atoms with van der Waals surface area (Å²) in [5, 5.41) is 4.99. The number of likely N-dealkylation sites (tertiary alicyclic amines) is 1. The molecule has 0 amide bonds. The highest BCUT2D eigenvalue weighted by molar-refractivity contribution is 6.31. The summed E-state index contributed by atoms with van der Waals surface area (Å²) >= 11 is 6.10. The van der Waals surface area contributed by atoms with Crippen LogP contribution >= 0.6 is 11.6 Å². The Balaban J connectivity index is 1.57. The fourth-order valence-electron chi connectivity index (χ4n) is 3.56. The molecule has 1 aliphatic heterocycles. The van der Waals surface area contributed by atoms with Crippen molar-refractivity contribution in [3.05, 3.63) is 41.7 Å². The molecule has 0 aliphatic carbocycles. The largest absolute Gasteiger partial charge is 0.330 e. The molecule has 24 heavy (non-hydrogen) atoms. The Bertz CT molecular complexity index is 825. The third-order valence-electron chi connectivity index (χ3n) is 4.89. The Hall–Kier alpha value is -1.92. The van der Waals surface area contributed by atoms with Gasteiger partial charge in [-0.2, -0.15) is 5.10 Å². The lowest BCUT2D eigenvalue weighted by Gasteiger charge is -2.35. The van der Waals surface area contributed by atoms with Crippen LogP contribution < -0.4 is 0 Å². The fraction of sp³-hybridized carbons (Fsp3) is 0.471. The topological polar surface area (TPSA) is 51.8 Å². The highest BCUT2D eigenvalue weighted by Gasteiger charge is 2.24. The van der Waals surface area contributed by atoms with E-state index >= 15 is 0 Å². The standard InChI is InChI=1S/C17H21ClN6/c1-22-16-6-5-13(18)8-15(16)21-17(22)10-23-7-3-2-4-14(23)9-24-12-19-11-20-24/h5-6,8,11-12,14H,2-4,7,9-10H2,1H3. The predicted octanol–water partition coefficient (Wildman–Crippen LogP) is 2.87. The Kier molecular flexibility index (Phi) is 4.24. The summed E-state index contributed by atoms with van der Waals surface area (Å²) < 4.78 is 4.10. The molecular weight excluding hydrogens is 324 g/mol. The van der Waals surface area contributed by atoms with Gasteiger partial charge in [0.1, 0.15) is 18.5 Å². The number of rotatable bonds is 4. The smallest absolute Gasteiger partial charge is 0.137 e. The first kappa shape index (κ1) is 15.6. The van der Waals surface area contributed by atoms with Gasteiger partial charge in [0.15, 0.2) is 0 Å². The first-order valence-electron chi connectivity index (χ1n) is 8.38. The van der Waals surface area contributed by atoms with Crippen molar-refractivity contribution in [2.24, 2.45) is 7.05 Å². The monoisotopic (exact) mass is 344 g/mol. The van der Waals surface area contributed by atoms with E-state index in [4.69, 9.17) is 16.6 Å². The molecule has 1 fully saturated rings. The number of hydrogen-bond donors (Lipinski definition) is 0. The molecule has 1 saturated heterocycles. The van der Waals surface area contributed by atoms with Gasteiger partial charge in [-0.1, -0.05) is 18.0 Å². The average molecular weight is 345 g/mol. The van der Waals surface area contributed by atoms with Crippen molar-refractivity contribution in [3.63, 3.8) is 0 Å². The van der Waals surface area contributed by atoms with E-state index in [9.17, 15) is 0 Å². The van der Waals surface area contributed by atoms with Crippen LogP contribution in [0.3, 0.4) is 0 Å². The highest BCUT2D eigenvalue weighted by Crippen LogP contribution is 2.24. The van der Waals surface area contributed by atoms with E-state index in [0.717, 1.165) is 41.5 Å². The molecule has 1 aliphatic rings. The van der Waals surface area contributed by atoms with E-state index in [1.165, 1.54) is 19.3 Å². The van der Waals surface area contributed by atoms with Crippen LogP contribution in [0, 0.1) is 0 Å². The second-order valence-corrected chi connectivity index (χ2v) is 6.89. The van der Waals surface area contributed by atoms with Crippen molar-refractivity contribution < 1.29 is 0 Å². The van der Waals surface area contributed by atoms with Gasteiger partial charge in [0.05, 0.1) is 24.1 Å². The maximum absolute atomic E-state index is 6.10. The first-order chi connectivity index (χ1) is 11.7. The van der Waals surface area contributed by atoms with Gasteiger partial charge in [-0.25, -0.2) is 9.97 Å². The molecule has 0 radical (unpaired) electrons. The minimum absolute atomic E-state index is 0.476. The van der Waals surface area contributed by atoms with Crippen molar-refractivity contribution in [2.45, 2.75) is 38.4 Å². The maximum atomic E-state index is 6.10. The molecule has 0 saturated carbocycles. The van der Waals surface area contributed by atoms with Gasteiger partial charge < -0.3 is 4.57 Å². The van der Waals surface area contributed by atoms with Gasteiger partial charge in [-0.05, 0) is 37.6 Å². The number of benzene rings is 1. The molecule has 126 valence electrons. The zero-order valence-corrected chi connectivity index (χ0v) is 14.5. The quantitative estimate of drug-likeness (QED) is 0.730. The van der Waals surface area contributed by atoms with Crippen LogP contribution in [-0.2, 0) is 20.1 Å². The van der Waals surface area contributed by atoms with Crippen LogP contribution in [-0.4, -0.2) is 41.8 Å². The van der Waals surface area contributed by atoms with Crippen LogP contribution in [0.5, 0.6) is 0 Å². The molecule has 1 unspecified atom stereocenters. The van der Waals surface area contributed by atoms with Crippen LogP contribution in [0.25, 0.3) is 11.0 Å². The molecular formula is C17H21ClN6. The molecule has 3 heterocycles. The number of aromatic nitrogens is 5. The Labute approximate surface area is 146 Å². The second kappa shape index (κ2) is 6.53. The lowest BCUT2D eigenvalue weighted by atomic mass is 10.0. The number of hydrogen-bond acceptors (Lipinski definition) is 4. The Morgan fingerprint density at radius 3 is 3.04 bits per heavy atom. The van der Waals surface area contributed by atoms with E-state index < -0.39 is 0 Å². The zero-order chi connectivity index (χ0) is 16.5. The Morgan fingerprint density at radius 1 is 1.29 bits per heavy atom. The third-order valence-corrected chi connectivity index (χ3v) is 5.13. The molecule has 1 aromatic carbocycles. The second-order valence-electron chi connectivity index (χ2n) is 6.46. The van der Waals surface area contributed by atoms with Gasteiger partial charge in [-0.15, -0.1) is 0 Å². The van der Waals surface area contributed by atoms with Crippen molar-refractivity contribution >= 4 is 22.6 Å². The number of fused-ring (bicyclic) bond motifs is 1. The van der Waals surface area contributed by atoms with Gasteiger partial charge >= 0.3 is 0 Å². The zero-order valence-electron chi connectivity index (χ0n) is 13.8. The summed E-state index contributed by atoms with van der Waals surface area (Å²) in [7, 11) is 2.08. The molecule has 6 nitrogen and oxygen atoms in total. The summed E-state index contributed by atoms with van der Waals surface area (Å²) in [6.45, 7) is 2.83. The summed E-state index contributed by atoms with van der Waals surface area (Å²) in [5.41, 5.74) is 2.09. The van der Waals surface area contributed by atoms with Crippen molar-refractivity contribution in [3.8, 4) is 0 Å². The summed E-state index contributed by atoms with van der Waals surface area (Å²) in [5.74, 6) is 1.08. The summed E-state index contributed by atoms with van der Waals surface area (Å²) in [6.07, 6.45) is 7.10. The molecule has 4 rings (SSSR count). The minimum Gasteiger partial charge on any atom is -0.330 e. The lowest BCUT2D eigenvalue weighted by Crippen LogP contribution is -2.42. The van der Waals surface area contributed by atoms with Crippen LogP contribution in [0.4, 0.5) is 0 Å².